The maximum atomic E-state index is 12.4. The van der Waals surface area contributed by atoms with Crippen LogP contribution >= 0.6 is 37.0 Å². The first-order valence-electron chi connectivity index (χ1n) is 7.13. The minimum absolute atomic E-state index is 0.0191. The van der Waals surface area contributed by atoms with Crippen LogP contribution in [0.2, 0.25) is 0 Å². The van der Waals surface area contributed by atoms with Crippen LogP contribution in [0.1, 0.15) is 0 Å². The van der Waals surface area contributed by atoms with E-state index in [-0.39, 0.29) is 39.8 Å². The molecule has 0 aliphatic carbocycles. The maximum absolute atomic E-state index is 12.4. The summed E-state index contributed by atoms with van der Waals surface area (Å²) in [5.74, 6) is 1.57. The Morgan fingerprint density at radius 3 is 2.39 bits per heavy atom. The monoisotopic (exact) mass is 374 g/mol. The number of carbonyl (C=O) groups excluding carboxylic acids is 2. The van der Waals surface area contributed by atoms with Gasteiger partial charge in [-0.15, -0.1) is 0 Å². The highest BCUT2D eigenvalue weighted by Gasteiger charge is 2.53. The fourth-order valence-corrected chi connectivity index (χ4v) is 4.57. The van der Waals surface area contributed by atoms with Crippen LogP contribution in [-0.4, -0.2) is 59.2 Å². The quantitative estimate of drug-likeness (QED) is 0.588. The van der Waals surface area contributed by atoms with Crippen molar-refractivity contribution in [3.63, 3.8) is 0 Å². The van der Waals surface area contributed by atoms with E-state index in [1.807, 2.05) is 12.1 Å². The lowest BCUT2D eigenvalue weighted by atomic mass is 10.3. The fraction of sp³-hybridized carbons (Fsp3) is 0.467. The Morgan fingerprint density at radius 1 is 1.22 bits per heavy atom. The molecule has 0 N–H and O–H groups in total. The first-order chi connectivity index (χ1) is 11.1. The fourth-order valence-electron chi connectivity index (χ4n) is 2.64. The Kier molecular flexibility index (Phi) is 6.70. The molecule has 5 nitrogen and oxygen atoms in total. The minimum atomic E-state index is -0.292. The number of hydrogen-bond donors (Lipinski definition) is 2. The summed E-state index contributed by atoms with van der Waals surface area (Å²) in [7, 11) is 1.57. The molecule has 0 bridgehead atoms. The van der Waals surface area contributed by atoms with Crippen molar-refractivity contribution in [1.29, 1.82) is 0 Å². The molecule has 0 aromatic heterocycles. The molecule has 1 saturated heterocycles. The lowest BCUT2D eigenvalue weighted by Gasteiger charge is -2.33. The first kappa shape index (κ1) is 18.5. The number of nitrogens with zero attached hydrogens (tertiary/aromatic N) is 1. The van der Waals surface area contributed by atoms with Crippen molar-refractivity contribution in [2.45, 2.75) is 5.37 Å². The van der Waals surface area contributed by atoms with E-state index in [0.29, 0.717) is 18.0 Å². The second-order valence-electron chi connectivity index (χ2n) is 4.98. The van der Waals surface area contributed by atoms with Gasteiger partial charge in [0.25, 0.3) is 0 Å². The van der Waals surface area contributed by atoms with E-state index in [1.165, 1.54) is 0 Å². The standard InChI is InChI=1S/C15H19NO4S3/c1-19-11-4-2-3-5-12(11)20-8-15-16(6-7-23-15,13(17)9-21)14(18)10-22/h2-5,15H,6-10H2,1H3,(H-,21,22)/p+1. The number of carbonyl (C=O) groups is 2. The second-order valence-corrected chi connectivity index (χ2v) is 6.90. The number of benzene rings is 1. The average Bonchev–Trinajstić information content (AvgIpc) is 3.03. The van der Waals surface area contributed by atoms with E-state index in [1.54, 1.807) is 31.0 Å². The van der Waals surface area contributed by atoms with Gasteiger partial charge in [-0.2, -0.15) is 29.7 Å². The van der Waals surface area contributed by atoms with E-state index < -0.39 is 0 Å². The Bertz CT molecular complexity index is 566. The van der Waals surface area contributed by atoms with Crippen LogP contribution in [0, 0.1) is 0 Å². The van der Waals surface area contributed by atoms with Gasteiger partial charge < -0.3 is 9.47 Å². The largest absolute Gasteiger partial charge is 0.493 e. The van der Waals surface area contributed by atoms with E-state index in [4.69, 9.17) is 9.47 Å². The minimum Gasteiger partial charge on any atom is -0.493 e. The van der Waals surface area contributed by atoms with Gasteiger partial charge in [-0.25, -0.2) is 9.59 Å². The Balaban J connectivity index is 2.20. The summed E-state index contributed by atoms with van der Waals surface area (Å²) in [6, 6.07) is 7.30. The lowest BCUT2D eigenvalue weighted by Crippen LogP contribution is -2.62. The van der Waals surface area contributed by atoms with Gasteiger partial charge in [0.05, 0.1) is 7.11 Å². The molecule has 8 heteroatoms. The van der Waals surface area contributed by atoms with Gasteiger partial charge in [-0.1, -0.05) is 23.9 Å². The molecular weight excluding hydrogens is 354 g/mol. The number of amides is 2. The number of para-hydroxylation sites is 2. The Labute approximate surface area is 151 Å². The zero-order valence-electron chi connectivity index (χ0n) is 12.8. The number of quaternary nitrogens is 1. The van der Waals surface area contributed by atoms with E-state index in [9.17, 15) is 9.59 Å². The van der Waals surface area contributed by atoms with Crippen molar-refractivity contribution in [3.8, 4) is 11.5 Å². The third-order valence-corrected chi connectivity index (χ3v) is 5.70. The molecule has 0 spiro atoms. The number of hydrogen-bond acceptors (Lipinski definition) is 7. The highest BCUT2D eigenvalue weighted by molar-refractivity contribution is 8.00. The van der Waals surface area contributed by atoms with Gasteiger partial charge in [0.2, 0.25) is 0 Å². The molecule has 1 aliphatic rings. The normalized spacial score (nSPS) is 19.3. The molecule has 1 aliphatic heterocycles. The summed E-state index contributed by atoms with van der Waals surface area (Å²) in [6.07, 6.45) is 0. The van der Waals surface area contributed by atoms with E-state index in [2.05, 4.69) is 25.3 Å². The van der Waals surface area contributed by atoms with Crippen LogP contribution in [0.4, 0.5) is 0 Å². The van der Waals surface area contributed by atoms with Gasteiger partial charge in [0.15, 0.2) is 23.5 Å². The van der Waals surface area contributed by atoms with Crippen LogP contribution in [0.15, 0.2) is 24.3 Å². The number of thioether (sulfide) groups is 1. The Hall–Kier alpha value is -0.830. The number of imide groups is 1. The number of rotatable bonds is 6. The zero-order chi connectivity index (χ0) is 16.9. The molecule has 0 saturated carbocycles. The molecule has 1 unspecified atom stereocenters. The van der Waals surface area contributed by atoms with Crippen molar-refractivity contribution < 1.29 is 23.5 Å². The van der Waals surface area contributed by atoms with Gasteiger partial charge >= 0.3 is 11.8 Å². The molecule has 1 heterocycles. The van der Waals surface area contributed by atoms with Crippen LogP contribution in [0.5, 0.6) is 11.5 Å². The molecule has 0 radical (unpaired) electrons. The first-order valence-corrected chi connectivity index (χ1v) is 9.45. The smallest absolute Gasteiger partial charge is 0.331 e. The van der Waals surface area contributed by atoms with Gasteiger partial charge in [0, 0.05) is 5.75 Å². The topological polar surface area (TPSA) is 52.6 Å². The third-order valence-electron chi connectivity index (χ3n) is 3.86. The third kappa shape index (κ3) is 3.65. The molecular formula is C15H20NO4S3+. The summed E-state index contributed by atoms with van der Waals surface area (Å²) in [4.78, 5) is 24.9. The molecule has 2 amide bonds. The second kappa shape index (κ2) is 8.32. The number of ether oxygens (including phenoxy) is 2. The summed E-state index contributed by atoms with van der Waals surface area (Å²) in [5, 5.41) is -0.292. The van der Waals surface area contributed by atoms with Crippen LogP contribution in [0.25, 0.3) is 0 Å². The summed E-state index contributed by atoms with van der Waals surface area (Å²) < 4.78 is 10.9. The summed E-state index contributed by atoms with van der Waals surface area (Å²) >= 11 is 9.72. The van der Waals surface area contributed by atoms with Gasteiger partial charge in [-0.3, -0.25) is 0 Å². The molecule has 126 valence electrons. The maximum Gasteiger partial charge on any atom is 0.331 e. The van der Waals surface area contributed by atoms with Crippen molar-refractivity contribution in [3.05, 3.63) is 24.3 Å². The molecule has 1 aromatic carbocycles. The summed E-state index contributed by atoms with van der Waals surface area (Å²) in [6.45, 7) is 0.702. The van der Waals surface area contributed by atoms with Gasteiger partial charge in [0.1, 0.15) is 18.1 Å². The highest BCUT2D eigenvalue weighted by atomic mass is 32.2. The van der Waals surface area contributed by atoms with Crippen molar-refractivity contribution in [1.82, 2.24) is 0 Å². The molecule has 1 fully saturated rings. The predicted octanol–water partition coefficient (Wildman–Crippen LogP) is 1.88. The number of methoxy groups -OCH3 is 1. The van der Waals surface area contributed by atoms with Gasteiger partial charge in [-0.05, 0) is 12.1 Å². The van der Waals surface area contributed by atoms with Crippen LogP contribution in [0.3, 0.4) is 0 Å². The zero-order valence-corrected chi connectivity index (χ0v) is 15.4. The number of thiol groups is 2. The van der Waals surface area contributed by atoms with Crippen molar-refractivity contribution >= 4 is 48.8 Å². The predicted molar refractivity (Wildman–Crippen MR) is 97.6 cm³/mol. The summed E-state index contributed by atoms with van der Waals surface area (Å²) in [5.41, 5.74) is 0. The van der Waals surface area contributed by atoms with E-state index in [0.717, 1.165) is 5.75 Å². The van der Waals surface area contributed by atoms with Crippen molar-refractivity contribution in [2.24, 2.45) is 0 Å². The molecule has 1 atom stereocenters. The van der Waals surface area contributed by atoms with Crippen LogP contribution in [-0.2, 0) is 9.59 Å². The van der Waals surface area contributed by atoms with E-state index >= 15 is 0 Å². The molecule has 2 rings (SSSR count). The lowest BCUT2D eigenvalue weighted by molar-refractivity contribution is -0.780. The van der Waals surface area contributed by atoms with Crippen molar-refractivity contribution in [2.75, 3.05) is 37.5 Å². The molecule has 1 aromatic rings. The SMILES string of the molecule is COc1ccccc1OCC1SCC[N+]1(C(=O)CS)C(=O)CS. The Morgan fingerprint density at radius 2 is 1.83 bits per heavy atom. The highest BCUT2D eigenvalue weighted by Crippen LogP contribution is 2.35. The molecule has 23 heavy (non-hydrogen) atoms. The average molecular weight is 375 g/mol. The van der Waals surface area contributed by atoms with Crippen LogP contribution < -0.4 is 9.47 Å².